The molecule has 0 aliphatic rings. The normalized spacial score (nSPS) is 11.2. The number of hydrogen-bond donors (Lipinski definition) is 0. The smallest absolute Gasteiger partial charge is 0.142 e. The number of aryl methyl sites for hydroxylation is 1. The molecular weight excluding hydrogens is 372 g/mol. The van der Waals surface area contributed by atoms with Crippen molar-refractivity contribution in [2.45, 2.75) is 13.5 Å². The second-order valence-electron chi connectivity index (χ2n) is 6.08. The number of hydrogen-bond acceptors (Lipinski definition) is 2. The number of fused-ring (bicyclic) bond motifs is 1. The van der Waals surface area contributed by atoms with Crippen LogP contribution in [-0.2, 0) is 6.54 Å². The summed E-state index contributed by atoms with van der Waals surface area (Å²) in [6, 6.07) is 14.3. The van der Waals surface area contributed by atoms with Gasteiger partial charge >= 0.3 is 0 Å². The number of aromatic nitrogens is 3. The lowest BCUT2D eigenvalue weighted by molar-refractivity contribution is 0.629. The highest BCUT2D eigenvalue weighted by atomic mass is 35.5. The van der Waals surface area contributed by atoms with Crippen LogP contribution >= 0.6 is 23.2 Å². The lowest BCUT2D eigenvalue weighted by atomic mass is 10.1. The highest BCUT2D eigenvalue weighted by Gasteiger charge is 2.14. The van der Waals surface area contributed by atoms with Gasteiger partial charge in [0.25, 0.3) is 0 Å². The molecule has 0 amide bonds. The molecule has 6 heteroatoms. The van der Waals surface area contributed by atoms with Crippen LogP contribution in [0.4, 0.5) is 4.39 Å². The molecule has 0 radical (unpaired) electrons. The first-order valence-electron chi connectivity index (χ1n) is 8.04. The van der Waals surface area contributed by atoms with Crippen molar-refractivity contribution >= 4 is 34.2 Å². The molecule has 0 saturated heterocycles. The van der Waals surface area contributed by atoms with Gasteiger partial charge in [0.05, 0.1) is 17.3 Å². The molecule has 0 spiro atoms. The molecule has 26 heavy (non-hydrogen) atoms. The Labute approximate surface area is 160 Å². The molecule has 0 aliphatic heterocycles. The SMILES string of the molecule is Cc1cccc(Cn2cc(-c3ccc(Cl)c(F)c3)c3ccc(Cl)nc32)n1. The zero-order valence-electron chi connectivity index (χ0n) is 13.9. The number of nitrogens with zero attached hydrogens (tertiary/aromatic N) is 3. The fourth-order valence-electron chi connectivity index (χ4n) is 3.02. The molecule has 130 valence electrons. The summed E-state index contributed by atoms with van der Waals surface area (Å²) in [6.07, 6.45) is 1.95. The first kappa shape index (κ1) is 17.0. The van der Waals surface area contributed by atoms with Crippen LogP contribution < -0.4 is 0 Å². The van der Waals surface area contributed by atoms with E-state index in [-0.39, 0.29) is 5.02 Å². The minimum Gasteiger partial charge on any atom is -0.326 e. The highest BCUT2D eigenvalue weighted by molar-refractivity contribution is 6.31. The van der Waals surface area contributed by atoms with Crippen molar-refractivity contribution in [2.24, 2.45) is 0 Å². The molecule has 3 nitrogen and oxygen atoms in total. The Morgan fingerprint density at radius 2 is 1.88 bits per heavy atom. The standard InChI is InChI=1S/C20H14Cl2FN3/c1-12-3-2-4-14(24-12)10-26-11-16(13-5-7-17(21)18(23)9-13)15-6-8-19(22)25-20(15)26/h2-9,11H,10H2,1H3. The number of halogens is 3. The Morgan fingerprint density at radius 3 is 2.65 bits per heavy atom. The van der Waals surface area contributed by atoms with E-state index < -0.39 is 5.82 Å². The van der Waals surface area contributed by atoms with Crippen molar-refractivity contribution in [3.8, 4) is 11.1 Å². The van der Waals surface area contributed by atoms with E-state index in [4.69, 9.17) is 23.2 Å². The fourth-order valence-corrected chi connectivity index (χ4v) is 3.28. The quantitative estimate of drug-likeness (QED) is 0.411. The molecule has 3 heterocycles. The van der Waals surface area contributed by atoms with Crippen LogP contribution in [0.15, 0.2) is 54.7 Å². The van der Waals surface area contributed by atoms with E-state index in [0.29, 0.717) is 11.7 Å². The van der Waals surface area contributed by atoms with Crippen molar-refractivity contribution in [3.05, 3.63) is 82.1 Å². The van der Waals surface area contributed by atoms with Gasteiger partial charge in [-0.05, 0) is 48.9 Å². The first-order valence-corrected chi connectivity index (χ1v) is 8.80. The Hall–Kier alpha value is -2.43. The van der Waals surface area contributed by atoms with Crippen molar-refractivity contribution in [3.63, 3.8) is 0 Å². The summed E-state index contributed by atoms with van der Waals surface area (Å²) in [4.78, 5) is 9.01. The zero-order chi connectivity index (χ0) is 18.3. The van der Waals surface area contributed by atoms with Crippen LogP contribution in [0, 0.1) is 12.7 Å². The van der Waals surface area contributed by atoms with Gasteiger partial charge in [0.1, 0.15) is 16.6 Å². The maximum Gasteiger partial charge on any atom is 0.142 e. The zero-order valence-corrected chi connectivity index (χ0v) is 15.4. The van der Waals surface area contributed by atoms with E-state index in [0.717, 1.165) is 33.5 Å². The molecule has 0 N–H and O–H groups in total. The average Bonchev–Trinajstić information content (AvgIpc) is 2.95. The number of rotatable bonds is 3. The fraction of sp³-hybridized carbons (Fsp3) is 0.100. The minimum absolute atomic E-state index is 0.0996. The molecule has 0 atom stereocenters. The van der Waals surface area contributed by atoms with Gasteiger partial charge < -0.3 is 4.57 Å². The maximum absolute atomic E-state index is 13.9. The van der Waals surface area contributed by atoms with E-state index in [1.54, 1.807) is 18.2 Å². The van der Waals surface area contributed by atoms with E-state index in [1.807, 2.05) is 42.0 Å². The topological polar surface area (TPSA) is 30.7 Å². The van der Waals surface area contributed by atoms with Crippen LogP contribution in [-0.4, -0.2) is 14.5 Å². The van der Waals surface area contributed by atoms with Gasteiger partial charge in [0.15, 0.2) is 0 Å². The third-order valence-electron chi connectivity index (χ3n) is 4.20. The summed E-state index contributed by atoms with van der Waals surface area (Å²) in [7, 11) is 0. The number of benzene rings is 1. The molecule has 1 aromatic carbocycles. The van der Waals surface area contributed by atoms with Gasteiger partial charge in [-0.25, -0.2) is 9.37 Å². The van der Waals surface area contributed by atoms with Gasteiger partial charge in [0, 0.05) is 22.8 Å². The van der Waals surface area contributed by atoms with Crippen LogP contribution in [0.25, 0.3) is 22.2 Å². The average molecular weight is 386 g/mol. The molecular formula is C20H14Cl2FN3. The molecule has 0 saturated carbocycles. The van der Waals surface area contributed by atoms with E-state index in [9.17, 15) is 4.39 Å². The van der Waals surface area contributed by atoms with Gasteiger partial charge in [-0.3, -0.25) is 4.98 Å². The Morgan fingerprint density at radius 1 is 1.04 bits per heavy atom. The largest absolute Gasteiger partial charge is 0.326 e. The predicted molar refractivity (Wildman–Crippen MR) is 103 cm³/mol. The molecule has 3 aromatic heterocycles. The monoisotopic (exact) mass is 385 g/mol. The van der Waals surface area contributed by atoms with Crippen molar-refractivity contribution in [1.82, 2.24) is 14.5 Å². The molecule has 4 rings (SSSR count). The van der Waals surface area contributed by atoms with Crippen molar-refractivity contribution in [1.29, 1.82) is 0 Å². The molecule has 0 unspecified atom stereocenters. The minimum atomic E-state index is -0.452. The highest BCUT2D eigenvalue weighted by Crippen LogP contribution is 2.32. The second-order valence-corrected chi connectivity index (χ2v) is 6.87. The molecule has 4 aromatic rings. The molecule has 0 bridgehead atoms. The summed E-state index contributed by atoms with van der Waals surface area (Å²) in [5.41, 5.74) is 4.19. The van der Waals surface area contributed by atoms with Gasteiger partial charge in [-0.2, -0.15) is 0 Å². The lowest BCUT2D eigenvalue weighted by Gasteiger charge is -2.05. The van der Waals surface area contributed by atoms with E-state index in [2.05, 4.69) is 9.97 Å². The summed E-state index contributed by atoms with van der Waals surface area (Å²) in [5, 5.41) is 1.40. The van der Waals surface area contributed by atoms with Crippen LogP contribution in [0.3, 0.4) is 0 Å². The third kappa shape index (κ3) is 3.18. The second kappa shape index (κ2) is 6.71. The Balaban J connectivity index is 1.88. The molecule has 0 aliphatic carbocycles. The number of pyridine rings is 2. The Kier molecular flexibility index (Phi) is 4.39. The molecule has 0 fully saturated rings. The Bertz CT molecular complexity index is 1120. The summed E-state index contributed by atoms with van der Waals surface area (Å²) < 4.78 is 15.9. The van der Waals surface area contributed by atoms with Gasteiger partial charge in [-0.15, -0.1) is 0 Å². The first-order chi connectivity index (χ1) is 12.5. The van der Waals surface area contributed by atoms with Crippen molar-refractivity contribution in [2.75, 3.05) is 0 Å². The maximum atomic E-state index is 13.9. The third-order valence-corrected chi connectivity index (χ3v) is 4.71. The van der Waals surface area contributed by atoms with Crippen LogP contribution in [0.1, 0.15) is 11.4 Å². The summed E-state index contributed by atoms with van der Waals surface area (Å²) in [6.45, 7) is 2.50. The predicted octanol–water partition coefficient (Wildman–Crippen LogP) is 5.90. The van der Waals surface area contributed by atoms with E-state index in [1.165, 1.54) is 6.07 Å². The summed E-state index contributed by atoms with van der Waals surface area (Å²) in [5.74, 6) is -0.452. The summed E-state index contributed by atoms with van der Waals surface area (Å²) >= 11 is 11.9. The van der Waals surface area contributed by atoms with Crippen molar-refractivity contribution < 1.29 is 4.39 Å². The van der Waals surface area contributed by atoms with Crippen LogP contribution in [0.2, 0.25) is 10.2 Å². The lowest BCUT2D eigenvalue weighted by Crippen LogP contribution is -2.02. The van der Waals surface area contributed by atoms with E-state index >= 15 is 0 Å². The van der Waals surface area contributed by atoms with Gasteiger partial charge in [-0.1, -0.05) is 35.3 Å². The van der Waals surface area contributed by atoms with Gasteiger partial charge in [0.2, 0.25) is 0 Å². The van der Waals surface area contributed by atoms with Crippen LogP contribution in [0.5, 0.6) is 0 Å².